The summed E-state index contributed by atoms with van der Waals surface area (Å²) >= 11 is 11.0. The van der Waals surface area contributed by atoms with Crippen molar-refractivity contribution in [2.24, 2.45) is 0 Å². The smallest absolute Gasteiger partial charge is 0.200 e. The van der Waals surface area contributed by atoms with Gasteiger partial charge in [-0.05, 0) is 36.5 Å². The maximum Gasteiger partial charge on any atom is 0.200 e. The van der Waals surface area contributed by atoms with Gasteiger partial charge in [0.05, 0.1) is 17.3 Å². The Labute approximate surface area is 122 Å². The number of rotatable bonds is 1. The summed E-state index contributed by atoms with van der Waals surface area (Å²) in [5.74, 6) is 0. The maximum absolute atomic E-state index is 5.90. The number of hydrogen-bond acceptors (Lipinski definition) is 4. The fraction of sp³-hybridized carbons (Fsp3) is 0. The topological polar surface area (TPSA) is 63.8 Å². The van der Waals surface area contributed by atoms with Gasteiger partial charge in [-0.1, -0.05) is 11.6 Å². The summed E-state index contributed by atoms with van der Waals surface area (Å²) in [6.07, 6.45) is 3.36. The van der Waals surface area contributed by atoms with Gasteiger partial charge in [0.1, 0.15) is 6.33 Å². The first kappa shape index (κ1) is 11.6. The average molecular weight is 303 g/mol. The van der Waals surface area contributed by atoms with Crippen LogP contribution in [0.4, 0.5) is 0 Å². The molecule has 98 valence electrons. The van der Waals surface area contributed by atoms with E-state index in [0.29, 0.717) is 21.1 Å². The van der Waals surface area contributed by atoms with Crippen molar-refractivity contribution < 1.29 is 0 Å². The third-order valence-electron chi connectivity index (χ3n) is 3.06. The third-order valence-corrected chi connectivity index (χ3v) is 3.60. The molecule has 8 heteroatoms. The lowest BCUT2D eigenvalue weighted by Gasteiger charge is -2.02. The summed E-state index contributed by atoms with van der Waals surface area (Å²) in [5, 5.41) is 12.8. The number of aromatic nitrogens is 6. The molecule has 4 rings (SSSR count). The lowest BCUT2D eigenvalue weighted by Crippen LogP contribution is -1.98. The summed E-state index contributed by atoms with van der Waals surface area (Å²) in [6, 6.07) is 7.40. The average Bonchev–Trinajstić information content (AvgIpc) is 3.04. The molecule has 0 fully saturated rings. The van der Waals surface area contributed by atoms with E-state index in [1.54, 1.807) is 21.6 Å². The number of H-pyrrole nitrogens is 1. The van der Waals surface area contributed by atoms with Crippen molar-refractivity contribution >= 4 is 40.5 Å². The fourth-order valence-corrected chi connectivity index (χ4v) is 2.41. The minimum Gasteiger partial charge on any atom is -0.258 e. The quantitative estimate of drug-likeness (QED) is 0.549. The van der Waals surface area contributed by atoms with Gasteiger partial charge in [0.15, 0.2) is 11.3 Å². The Balaban J connectivity index is 2.04. The van der Waals surface area contributed by atoms with Crippen LogP contribution in [-0.4, -0.2) is 29.4 Å². The zero-order chi connectivity index (χ0) is 13.7. The van der Waals surface area contributed by atoms with Crippen LogP contribution in [0.15, 0.2) is 36.8 Å². The van der Waals surface area contributed by atoms with Gasteiger partial charge in [-0.15, -0.1) is 0 Å². The first-order valence-electron chi connectivity index (χ1n) is 5.79. The van der Waals surface area contributed by atoms with Crippen LogP contribution < -0.4 is 0 Å². The number of nitrogens with zero attached hydrogens (tertiary/aromatic N) is 5. The Bertz CT molecular complexity index is 981. The van der Waals surface area contributed by atoms with Crippen LogP contribution in [0.3, 0.4) is 0 Å². The zero-order valence-corrected chi connectivity index (χ0v) is 11.6. The first-order valence-corrected chi connectivity index (χ1v) is 6.58. The molecule has 0 aliphatic rings. The molecule has 1 aromatic carbocycles. The molecule has 0 unspecified atom stereocenters. The van der Waals surface area contributed by atoms with Gasteiger partial charge < -0.3 is 0 Å². The van der Waals surface area contributed by atoms with E-state index in [9.17, 15) is 0 Å². The van der Waals surface area contributed by atoms with Crippen molar-refractivity contribution in [2.75, 3.05) is 0 Å². The van der Waals surface area contributed by atoms with Gasteiger partial charge in [0, 0.05) is 5.02 Å². The molecular formula is C12H7ClN6S. The van der Waals surface area contributed by atoms with Crippen molar-refractivity contribution in [3.8, 4) is 5.69 Å². The van der Waals surface area contributed by atoms with E-state index in [1.165, 1.54) is 0 Å². The van der Waals surface area contributed by atoms with E-state index >= 15 is 0 Å². The van der Waals surface area contributed by atoms with Crippen LogP contribution in [0.5, 0.6) is 0 Å². The van der Waals surface area contributed by atoms with Crippen LogP contribution in [0, 0.1) is 4.77 Å². The largest absolute Gasteiger partial charge is 0.258 e. The highest BCUT2D eigenvalue weighted by atomic mass is 35.5. The number of hydrogen-bond donors (Lipinski definition) is 1. The van der Waals surface area contributed by atoms with E-state index in [-0.39, 0.29) is 0 Å². The number of aromatic amines is 1. The molecule has 0 bridgehead atoms. The van der Waals surface area contributed by atoms with Crippen molar-refractivity contribution in [1.29, 1.82) is 0 Å². The lowest BCUT2D eigenvalue weighted by molar-refractivity contribution is 0.893. The highest BCUT2D eigenvalue weighted by Gasteiger charge is 2.11. The van der Waals surface area contributed by atoms with E-state index in [4.69, 9.17) is 23.8 Å². The van der Waals surface area contributed by atoms with Crippen molar-refractivity contribution in [3.63, 3.8) is 0 Å². The number of nitrogens with one attached hydrogen (secondary N) is 1. The van der Waals surface area contributed by atoms with Gasteiger partial charge >= 0.3 is 0 Å². The van der Waals surface area contributed by atoms with Gasteiger partial charge in [0.2, 0.25) is 4.77 Å². The molecule has 0 saturated heterocycles. The van der Waals surface area contributed by atoms with Crippen LogP contribution in [0.25, 0.3) is 22.4 Å². The van der Waals surface area contributed by atoms with Crippen LogP contribution in [-0.2, 0) is 0 Å². The molecule has 6 nitrogen and oxygen atoms in total. The second kappa shape index (κ2) is 4.12. The molecule has 3 aromatic heterocycles. The van der Waals surface area contributed by atoms with E-state index in [2.05, 4.69) is 20.3 Å². The Morgan fingerprint density at radius 2 is 1.95 bits per heavy atom. The van der Waals surface area contributed by atoms with Crippen molar-refractivity contribution in [1.82, 2.24) is 29.4 Å². The monoisotopic (exact) mass is 302 g/mol. The molecular weight excluding hydrogens is 296 g/mol. The Hall–Kier alpha value is -2.25. The second-order valence-corrected chi connectivity index (χ2v) is 5.06. The number of benzene rings is 1. The Morgan fingerprint density at radius 3 is 2.75 bits per heavy atom. The second-order valence-electron chi connectivity index (χ2n) is 4.24. The van der Waals surface area contributed by atoms with Gasteiger partial charge in [0.25, 0.3) is 0 Å². The van der Waals surface area contributed by atoms with Crippen molar-refractivity contribution in [3.05, 3.63) is 46.6 Å². The van der Waals surface area contributed by atoms with Crippen LogP contribution in [0.2, 0.25) is 5.02 Å². The summed E-state index contributed by atoms with van der Waals surface area (Å²) in [7, 11) is 0. The minimum atomic E-state index is 0.508. The molecule has 0 radical (unpaired) electrons. The standard InChI is InChI=1S/C12H7ClN6S/c13-7-1-3-8(4-2-7)19-10-9(5-15-19)11-16-17-12(20)18(11)6-14-10/h1-6H,(H,17,20). The predicted octanol–water partition coefficient (Wildman–Crippen LogP) is 2.78. The molecule has 3 heterocycles. The molecule has 0 saturated carbocycles. The Kier molecular flexibility index (Phi) is 2.38. The van der Waals surface area contributed by atoms with E-state index in [0.717, 1.165) is 11.1 Å². The van der Waals surface area contributed by atoms with E-state index in [1.807, 2.05) is 24.3 Å². The molecule has 0 atom stereocenters. The molecule has 4 aromatic rings. The molecule has 0 spiro atoms. The molecule has 0 amide bonds. The van der Waals surface area contributed by atoms with E-state index < -0.39 is 0 Å². The summed E-state index contributed by atoms with van der Waals surface area (Å²) in [5.41, 5.74) is 2.31. The van der Waals surface area contributed by atoms with Crippen LogP contribution >= 0.6 is 23.8 Å². The van der Waals surface area contributed by atoms with Gasteiger partial charge in [-0.2, -0.15) is 10.2 Å². The number of halogens is 1. The highest BCUT2D eigenvalue weighted by molar-refractivity contribution is 7.71. The molecule has 0 aliphatic carbocycles. The molecule has 0 aliphatic heterocycles. The third kappa shape index (κ3) is 1.57. The fourth-order valence-electron chi connectivity index (χ4n) is 2.11. The SMILES string of the molecule is S=c1[nH]nc2c3cnn(-c4ccc(Cl)cc4)c3ncn12. The lowest BCUT2D eigenvalue weighted by atomic mass is 10.3. The first-order chi connectivity index (χ1) is 9.74. The Morgan fingerprint density at radius 1 is 1.15 bits per heavy atom. The molecule has 1 N–H and O–H groups in total. The predicted molar refractivity (Wildman–Crippen MR) is 77.8 cm³/mol. The minimum absolute atomic E-state index is 0.508. The maximum atomic E-state index is 5.90. The van der Waals surface area contributed by atoms with Crippen LogP contribution in [0.1, 0.15) is 0 Å². The summed E-state index contributed by atoms with van der Waals surface area (Å²) < 4.78 is 3.96. The van der Waals surface area contributed by atoms with Gasteiger partial charge in [-0.25, -0.2) is 9.67 Å². The highest BCUT2D eigenvalue weighted by Crippen LogP contribution is 2.20. The zero-order valence-electron chi connectivity index (χ0n) is 9.99. The molecule has 20 heavy (non-hydrogen) atoms. The number of fused-ring (bicyclic) bond motifs is 3. The normalized spacial score (nSPS) is 11.4. The van der Waals surface area contributed by atoms with Gasteiger partial charge in [-0.3, -0.25) is 9.50 Å². The van der Waals surface area contributed by atoms with Crippen molar-refractivity contribution in [2.45, 2.75) is 0 Å². The summed E-state index contributed by atoms with van der Waals surface area (Å²) in [4.78, 5) is 4.40. The summed E-state index contributed by atoms with van der Waals surface area (Å²) in [6.45, 7) is 0.